The summed E-state index contributed by atoms with van der Waals surface area (Å²) in [6.07, 6.45) is 2.78. The van der Waals surface area contributed by atoms with E-state index in [1.54, 1.807) is 0 Å². The standard InChI is InChI=1S/C14H23ClN2O/c1-5-12-14(15)13(17(6-2)16-12)9-11(18)8-7-10(3)4/h10H,5-9H2,1-4H3. The number of aromatic nitrogens is 2. The molecule has 18 heavy (non-hydrogen) atoms. The summed E-state index contributed by atoms with van der Waals surface area (Å²) < 4.78 is 1.86. The molecule has 0 bridgehead atoms. The van der Waals surface area contributed by atoms with E-state index >= 15 is 0 Å². The van der Waals surface area contributed by atoms with E-state index in [9.17, 15) is 4.79 Å². The maximum absolute atomic E-state index is 11.9. The zero-order chi connectivity index (χ0) is 13.7. The van der Waals surface area contributed by atoms with E-state index in [1.807, 2.05) is 18.5 Å². The Morgan fingerprint density at radius 3 is 2.56 bits per heavy atom. The van der Waals surface area contributed by atoms with Crippen LogP contribution in [0.2, 0.25) is 5.02 Å². The van der Waals surface area contributed by atoms with Crippen LogP contribution in [0.25, 0.3) is 0 Å². The molecule has 0 saturated heterocycles. The van der Waals surface area contributed by atoms with Crippen LogP contribution >= 0.6 is 11.6 Å². The van der Waals surface area contributed by atoms with Crippen molar-refractivity contribution in [1.29, 1.82) is 0 Å². The van der Waals surface area contributed by atoms with E-state index in [4.69, 9.17) is 11.6 Å². The average molecular weight is 271 g/mol. The zero-order valence-electron chi connectivity index (χ0n) is 11.8. The maximum Gasteiger partial charge on any atom is 0.138 e. The predicted octanol–water partition coefficient (Wildman–Crippen LogP) is 3.67. The van der Waals surface area contributed by atoms with E-state index in [-0.39, 0.29) is 5.78 Å². The molecule has 4 heteroatoms. The number of hydrogen-bond donors (Lipinski definition) is 0. The van der Waals surface area contributed by atoms with E-state index in [0.717, 1.165) is 30.8 Å². The number of Topliss-reactive ketones (excluding diaryl/α,β-unsaturated/α-hetero) is 1. The molecular formula is C14H23ClN2O. The topological polar surface area (TPSA) is 34.9 Å². The molecule has 3 nitrogen and oxygen atoms in total. The summed E-state index contributed by atoms with van der Waals surface area (Å²) in [5, 5.41) is 5.11. The molecule has 0 radical (unpaired) electrons. The zero-order valence-corrected chi connectivity index (χ0v) is 12.5. The van der Waals surface area contributed by atoms with Crippen molar-refractivity contribution >= 4 is 17.4 Å². The number of hydrogen-bond acceptors (Lipinski definition) is 2. The summed E-state index contributed by atoms with van der Waals surface area (Å²) in [5.41, 5.74) is 1.77. The molecular weight excluding hydrogens is 248 g/mol. The van der Waals surface area contributed by atoms with Crippen LogP contribution in [0.3, 0.4) is 0 Å². The van der Waals surface area contributed by atoms with Crippen molar-refractivity contribution in [2.24, 2.45) is 5.92 Å². The van der Waals surface area contributed by atoms with Gasteiger partial charge < -0.3 is 0 Å². The molecule has 0 N–H and O–H groups in total. The van der Waals surface area contributed by atoms with Crippen molar-refractivity contribution in [1.82, 2.24) is 9.78 Å². The molecule has 1 aromatic rings. The largest absolute Gasteiger partial charge is 0.299 e. The molecule has 0 aliphatic heterocycles. The van der Waals surface area contributed by atoms with Crippen LogP contribution in [-0.4, -0.2) is 15.6 Å². The maximum atomic E-state index is 11.9. The number of rotatable bonds is 7. The molecule has 1 aromatic heterocycles. The van der Waals surface area contributed by atoms with Crippen molar-refractivity contribution in [2.45, 2.75) is 59.9 Å². The van der Waals surface area contributed by atoms with Gasteiger partial charge in [0.1, 0.15) is 5.78 Å². The van der Waals surface area contributed by atoms with Gasteiger partial charge >= 0.3 is 0 Å². The van der Waals surface area contributed by atoms with E-state index in [1.165, 1.54) is 0 Å². The van der Waals surface area contributed by atoms with E-state index in [2.05, 4.69) is 18.9 Å². The second-order valence-corrected chi connectivity index (χ2v) is 5.40. The molecule has 102 valence electrons. The van der Waals surface area contributed by atoms with Gasteiger partial charge in [-0.15, -0.1) is 0 Å². The molecule has 0 atom stereocenters. The molecule has 1 heterocycles. The summed E-state index contributed by atoms with van der Waals surface area (Å²) >= 11 is 6.28. The molecule has 0 saturated carbocycles. The first-order valence-electron chi connectivity index (χ1n) is 6.75. The molecule has 0 aromatic carbocycles. The van der Waals surface area contributed by atoms with Gasteiger partial charge in [-0.2, -0.15) is 5.10 Å². The van der Waals surface area contributed by atoms with Crippen LogP contribution in [0.5, 0.6) is 0 Å². The molecule has 0 unspecified atom stereocenters. The van der Waals surface area contributed by atoms with Crippen LogP contribution < -0.4 is 0 Å². The lowest BCUT2D eigenvalue weighted by Gasteiger charge is -2.06. The Morgan fingerprint density at radius 1 is 1.39 bits per heavy atom. The quantitative estimate of drug-likeness (QED) is 0.758. The Bertz CT molecular complexity index is 410. The third-order valence-corrected chi connectivity index (χ3v) is 3.50. The van der Waals surface area contributed by atoms with Crippen molar-refractivity contribution in [3.05, 3.63) is 16.4 Å². The second kappa shape index (κ2) is 6.93. The minimum atomic E-state index is 0.253. The third kappa shape index (κ3) is 3.84. The van der Waals surface area contributed by atoms with Crippen molar-refractivity contribution in [3.63, 3.8) is 0 Å². The van der Waals surface area contributed by atoms with Gasteiger partial charge in [0, 0.05) is 19.4 Å². The smallest absolute Gasteiger partial charge is 0.138 e. The molecule has 1 rings (SSSR count). The second-order valence-electron chi connectivity index (χ2n) is 5.02. The number of nitrogens with zero attached hydrogens (tertiary/aromatic N) is 2. The van der Waals surface area contributed by atoms with Crippen molar-refractivity contribution in [3.8, 4) is 0 Å². The lowest BCUT2D eigenvalue weighted by Crippen LogP contribution is -2.10. The number of carbonyl (C=O) groups excluding carboxylic acids is 1. The first-order valence-corrected chi connectivity index (χ1v) is 7.13. The normalized spacial score (nSPS) is 11.2. The SMILES string of the molecule is CCc1nn(CC)c(CC(=O)CCC(C)C)c1Cl. The Morgan fingerprint density at radius 2 is 2.06 bits per heavy atom. The van der Waals surface area contributed by atoms with Crippen molar-refractivity contribution in [2.75, 3.05) is 0 Å². The number of halogens is 1. The fourth-order valence-corrected chi connectivity index (χ4v) is 2.25. The Labute approximate surface area is 115 Å². The fraction of sp³-hybridized carbons (Fsp3) is 0.714. The average Bonchev–Trinajstić information content (AvgIpc) is 2.63. The molecule has 0 aliphatic rings. The van der Waals surface area contributed by atoms with Gasteiger partial charge in [-0.25, -0.2) is 0 Å². The van der Waals surface area contributed by atoms with Gasteiger partial charge in [0.25, 0.3) is 0 Å². The highest BCUT2D eigenvalue weighted by Gasteiger charge is 2.17. The van der Waals surface area contributed by atoms with Gasteiger partial charge in [0.05, 0.1) is 16.4 Å². The van der Waals surface area contributed by atoms with E-state index in [0.29, 0.717) is 23.8 Å². The predicted molar refractivity (Wildman–Crippen MR) is 75.1 cm³/mol. The van der Waals surface area contributed by atoms with Gasteiger partial charge in [0.2, 0.25) is 0 Å². The molecule has 0 fully saturated rings. The minimum absolute atomic E-state index is 0.253. The Balaban J connectivity index is 2.77. The van der Waals surface area contributed by atoms with Crippen molar-refractivity contribution < 1.29 is 4.79 Å². The van der Waals surface area contributed by atoms with Gasteiger partial charge in [-0.3, -0.25) is 9.48 Å². The van der Waals surface area contributed by atoms with Gasteiger partial charge in [-0.1, -0.05) is 32.4 Å². The lowest BCUT2D eigenvalue weighted by molar-refractivity contribution is -0.118. The number of ketones is 1. The van der Waals surface area contributed by atoms with Gasteiger partial charge in [0.15, 0.2) is 0 Å². The molecule has 0 aliphatic carbocycles. The molecule has 0 amide bonds. The first kappa shape index (κ1) is 15.2. The lowest BCUT2D eigenvalue weighted by atomic mass is 10.0. The number of carbonyl (C=O) groups is 1. The minimum Gasteiger partial charge on any atom is -0.299 e. The van der Waals surface area contributed by atoms with Gasteiger partial charge in [-0.05, 0) is 25.7 Å². The van der Waals surface area contributed by atoms with Crippen LogP contribution in [0.1, 0.15) is 51.9 Å². The summed E-state index contributed by atoms with van der Waals surface area (Å²) in [6, 6.07) is 0. The first-order chi connectivity index (χ1) is 8.49. The summed E-state index contributed by atoms with van der Waals surface area (Å²) in [7, 11) is 0. The Kier molecular flexibility index (Phi) is 5.86. The summed E-state index contributed by atoms with van der Waals surface area (Å²) in [4.78, 5) is 11.9. The molecule has 0 spiro atoms. The number of aryl methyl sites for hydroxylation is 2. The highest BCUT2D eigenvalue weighted by molar-refractivity contribution is 6.32. The van der Waals surface area contributed by atoms with E-state index < -0.39 is 0 Å². The van der Waals surface area contributed by atoms with Crippen LogP contribution in [0.4, 0.5) is 0 Å². The van der Waals surface area contributed by atoms with Crippen LogP contribution in [-0.2, 0) is 24.2 Å². The summed E-state index contributed by atoms with van der Waals surface area (Å²) in [5.74, 6) is 0.814. The fourth-order valence-electron chi connectivity index (χ4n) is 1.91. The highest BCUT2D eigenvalue weighted by atomic mass is 35.5. The summed E-state index contributed by atoms with van der Waals surface area (Å²) in [6.45, 7) is 9.06. The highest BCUT2D eigenvalue weighted by Crippen LogP contribution is 2.23. The van der Waals surface area contributed by atoms with Crippen LogP contribution in [0, 0.1) is 5.92 Å². The monoisotopic (exact) mass is 270 g/mol. The van der Waals surface area contributed by atoms with Crippen LogP contribution in [0.15, 0.2) is 0 Å². The third-order valence-electron chi connectivity index (χ3n) is 3.06. The Hall–Kier alpha value is -0.830.